The Morgan fingerprint density at radius 1 is 1.39 bits per heavy atom. The highest BCUT2D eigenvalue weighted by molar-refractivity contribution is 7.90. The molecular weight excluding hydrogens is 248 g/mol. The van der Waals surface area contributed by atoms with Crippen molar-refractivity contribution in [3.8, 4) is 0 Å². The summed E-state index contributed by atoms with van der Waals surface area (Å²) in [6.45, 7) is 9.32. The predicted molar refractivity (Wildman–Crippen MR) is 74.5 cm³/mol. The van der Waals surface area contributed by atoms with Gasteiger partial charge in [-0.1, -0.05) is 27.7 Å². The first kappa shape index (κ1) is 15.0. The number of aromatic nitrogens is 1. The van der Waals surface area contributed by atoms with Crippen LogP contribution < -0.4 is 5.32 Å². The Morgan fingerprint density at radius 2 is 2.00 bits per heavy atom. The molecule has 0 aromatic carbocycles. The van der Waals surface area contributed by atoms with Crippen LogP contribution in [0.5, 0.6) is 0 Å². The summed E-state index contributed by atoms with van der Waals surface area (Å²) in [5, 5.41) is 3.14. The van der Waals surface area contributed by atoms with E-state index in [1.807, 2.05) is 0 Å². The molecule has 0 saturated carbocycles. The molecule has 0 spiro atoms. The molecule has 0 aliphatic rings. The lowest BCUT2D eigenvalue weighted by Gasteiger charge is -2.27. The van der Waals surface area contributed by atoms with Gasteiger partial charge >= 0.3 is 0 Å². The lowest BCUT2D eigenvalue weighted by atomic mass is 9.82. The second-order valence-corrected chi connectivity index (χ2v) is 7.75. The molecule has 0 radical (unpaired) electrons. The van der Waals surface area contributed by atoms with Crippen molar-refractivity contribution in [3.63, 3.8) is 0 Å². The molecule has 1 rings (SSSR count). The van der Waals surface area contributed by atoms with E-state index in [9.17, 15) is 8.42 Å². The van der Waals surface area contributed by atoms with Crippen LogP contribution in [0.3, 0.4) is 0 Å². The van der Waals surface area contributed by atoms with Crippen molar-refractivity contribution in [1.29, 1.82) is 0 Å². The SMILES string of the molecule is CC(CNc1ncccc1S(C)(=O)=O)C(C)(C)C. The summed E-state index contributed by atoms with van der Waals surface area (Å²) >= 11 is 0. The number of pyridine rings is 1. The van der Waals surface area contributed by atoms with Crippen LogP contribution in [0.1, 0.15) is 27.7 Å². The van der Waals surface area contributed by atoms with Gasteiger partial charge in [0.2, 0.25) is 0 Å². The van der Waals surface area contributed by atoms with Crippen molar-refractivity contribution in [3.05, 3.63) is 18.3 Å². The molecule has 5 heteroatoms. The summed E-state index contributed by atoms with van der Waals surface area (Å²) in [5.41, 5.74) is 0.174. The number of hydrogen-bond acceptors (Lipinski definition) is 4. The lowest BCUT2D eigenvalue weighted by Crippen LogP contribution is -2.25. The van der Waals surface area contributed by atoms with Gasteiger partial charge in [0, 0.05) is 19.0 Å². The summed E-state index contributed by atoms with van der Waals surface area (Å²) in [6.07, 6.45) is 2.79. The van der Waals surface area contributed by atoms with Gasteiger partial charge < -0.3 is 5.32 Å². The van der Waals surface area contributed by atoms with Crippen molar-refractivity contribution in [1.82, 2.24) is 4.98 Å². The summed E-state index contributed by atoms with van der Waals surface area (Å²) in [6, 6.07) is 3.21. The van der Waals surface area contributed by atoms with Crippen LogP contribution >= 0.6 is 0 Å². The molecular formula is C13H22N2O2S. The van der Waals surface area contributed by atoms with Crippen LogP contribution in [-0.4, -0.2) is 26.2 Å². The molecule has 102 valence electrons. The zero-order valence-electron chi connectivity index (χ0n) is 11.7. The van der Waals surface area contributed by atoms with Crippen LogP contribution in [0.2, 0.25) is 0 Å². The van der Waals surface area contributed by atoms with Crippen molar-refractivity contribution in [2.45, 2.75) is 32.6 Å². The van der Waals surface area contributed by atoms with Gasteiger partial charge in [-0.25, -0.2) is 13.4 Å². The van der Waals surface area contributed by atoms with Crippen LogP contribution in [0, 0.1) is 11.3 Å². The molecule has 0 saturated heterocycles. The largest absolute Gasteiger partial charge is 0.369 e. The maximum Gasteiger partial charge on any atom is 0.179 e. The first-order valence-electron chi connectivity index (χ1n) is 6.01. The van der Waals surface area contributed by atoms with E-state index in [-0.39, 0.29) is 10.3 Å². The van der Waals surface area contributed by atoms with Gasteiger partial charge in [-0.2, -0.15) is 0 Å². The number of sulfone groups is 1. The summed E-state index contributed by atoms with van der Waals surface area (Å²) in [5.74, 6) is 0.850. The van der Waals surface area contributed by atoms with Gasteiger partial charge in [0.1, 0.15) is 10.7 Å². The second kappa shape index (κ2) is 5.26. The molecule has 1 aromatic heterocycles. The zero-order valence-corrected chi connectivity index (χ0v) is 12.5. The summed E-state index contributed by atoms with van der Waals surface area (Å²) < 4.78 is 23.2. The summed E-state index contributed by atoms with van der Waals surface area (Å²) in [4.78, 5) is 4.36. The molecule has 18 heavy (non-hydrogen) atoms. The van der Waals surface area contributed by atoms with Gasteiger partial charge in [0.15, 0.2) is 9.84 Å². The van der Waals surface area contributed by atoms with E-state index >= 15 is 0 Å². The van der Waals surface area contributed by atoms with Gasteiger partial charge in [-0.3, -0.25) is 0 Å². The van der Waals surface area contributed by atoms with Gasteiger partial charge in [0.05, 0.1) is 0 Å². The third kappa shape index (κ3) is 3.98. The van der Waals surface area contributed by atoms with Crippen molar-refractivity contribution < 1.29 is 8.42 Å². The van der Waals surface area contributed by atoms with Crippen molar-refractivity contribution in [2.24, 2.45) is 11.3 Å². The quantitative estimate of drug-likeness (QED) is 0.913. The van der Waals surface area contributed by atoms with E-state index in [1.165, 1.54) is 6.26 Å². The van der Waals surface area contributed by atoms with Crippen molar-refractivity contribution in [2.75, 3.05) is 18.1 Å². The highest BCUT2D eigenvalue weighted by Gasteiger charge is 2.21. The Morgan fingerprint density at radius 3 is 2.50 bits per heavy atom. The molecule has 1 heterocycles. The van der Waals surface area contributed by atoms with Crippen molar-refractivity contribution >= 4 is 15.7 Å². The molecule has 0 aliphatic heterocycles. The fraction of sp³-hybridized carbons (Fsp3) is 0.615. The van der Waals surface area contributed by atoms with E-state index < -0.39 is 9.84 Å². The maximum absolute atomic E-state index is 11.6. The topological polar surface area (TPSA) is 59.1 Å². The first-order valence-corrected chi connectivity index (χ1v) is 7.90. The van der Waals surface area contributed by atoms with Gasteiger partial charge in [0.25, 0.3) is 0 Å². The molecule has 1 N–H and O–H groups in total. The number of rotatable bonds is 4. The van der Waals surface area contributed by atoms with E-state index in [0.717, 1.165) is 0 Å². The minimum absolute atomic E-state index is 0.174. The van der Waals surface area contributed by atoms with Crippen LogP contribution in [0.4, 0.5) is 5.82 Å². The van der Waals surface area contributed by atoms with Crippen LogP contribution in [0.15, 0.2) is 23.2 Å². The Bertz CT molecular complexity index is 504. The number of hydrogen-bond donors (Lipinski definition) is 1. The molecule has 4 nitrogen and oxygen atoms in total. The maximum atomic E-state index is 11.6. The Kier molecular flexibility index (Phi) is 4.37. The Balaban J connectivity index is 2.87. The molecule has 1 unspecified atom stereocenters. The monoisotopic (exact) mass is 270 g/mol. The second-order valence-electron chi connectivity index (χ2n) is 5.77. The molecule has 1 atom stereocenters. The number of nitrogens with zero attached hydrogens (tertiary/aromatic N) is 1. The molecule has 0 aliphatic carbocycles. The third-order valence-corrected chi connectivity index (χ3v) is 4.35. The zero-order chi connectivity index (χ0) is 14.0. The molecule has 0 amide bonds. The minimum atomic E-state index is -3.24. The fourth-order valence-corrected chi connectivity index (χ4v) is 2.18. The van der Waals surface area contributed by atoms with E-state index in [1.54, 1.807) is 18.3 Å². The fourth-order valence-electron chi connectivity index (χ4n) is 1.38. The minimum Gasteiger partial charge on any atom is -0.369 e. The average molecular weight is 270 g/mol. The van der Waals surface area contributed by atoms with Gasteiger partial charge in [-0.15, -0.1) is 0 Å². The number of nitrogens with one attached hydrogen (secondary N) is 1. The molecule has 1 aromatic rings. The van der Waals surface area contributed by atoms with E-state index in [2.05, 4.69) is 38.0 Å². The standard InChI is InChI=1S/C13H22N2O2S/c1-10(13(2,3)4)9-15-12-11(18(5,16)17)7-6-8-14-12/h6-8,10H,9H2,1-5H3,(H,14,15). The van der Waals surface area contributed by atoms with E-state index in [4.69, 9.17) is 0 Å². The van der Waals surface area contributed by atoms with E-state index in [0.29, 0.717) is 18.3 Å². The predicted octanol–water partition coefficient (Wildman–Crippen LogP) is 2.58. The third-order valence-electron chi connectivity index (χ3n) is 3.22. The smallest absolute Gasteiger partial charge is 0.179 e. The van der Waals surface area contributed by atoms with Gasteiger partial charge in [-0.05, 0) is 23.5 Å². The highest BCUT2D eigenvalue weighted by atomic mass is 32.2. The highest BCUT2D eigenvalue weighted by Crippen LogP contribution is 2.26. The summed E-state index contributed by atoms with van der Waals surface area (Å²) in [7, 11) is -3.24. The lowest BCUT2D eigenvalue weighted by molar-refractivity contribution is 0.274. The molecule has 0 bridgehead atoms. The molecule has 0 fully saturated rings. The van der Waals surface area contributed by atoms with Crippen LogP contribution in [0.25, 0.3) is 0 Å². The first-order chi connectivity index (χ1) is 8.12. The Labute approximate surface area is 110 Å². The number of anilines is 1. The average Bonchev–Trinajstić information content (AvgIpc) is 2.23. The Hall–Kier alpha value is -1.10. The normalized spacial score (nSPS) is 14.3. The van der Waals surface area contributed by atoms with Crippen LogP contribution in [-0.2, 0) is 9.84 Å².